The molecule has 0 atom stereocenters. The highest BCUT2D eigenvalue weighted by Crippen LogP contribution is 2.35. The van der Waals surface area contributed by atoms with Crippen LogP contribution in [-0.4, -0.2) is 45.2 Å². The van der Waals surface area contributed by atoms with Crippen molar-refractivity contribution < 1.29 is 14.3 Å². The molecule has 8 heteroatoms. The molecule has 0 aliphatic heterocycles. The summed E-state index contributed by atoms with van der Waals surface area (Å²) in [4.78, 5) is 19.8. The van der Waals surface area contributed by atoms with Gasteiger partial charge in [0.1, 0.15) is 5.75 Å². The molecule has 0 radical (unpaired) electrons. The van der Waals surface area contributed by atoms with Crippen LogP contribution in [0.2, 0.25) is 0 Å². The molecule has 0 saturated carbocycles. The maximum Gasteiger partial charge on any atom is 0.338 e. The molecule has 3 aromatic heterocycles. The SMILES string of the molecule is COC(=O)c1cc(OC)c2c(c1)[nH]c1cc(-c3c(C)nnn3C)cnc12. The molecule has 0 amide bonds. The third-order valence-corrected chi connectivity index (χ3v) is 4.41. The van der Waals surface area contributed by atoms with Crippen LogP contribution < -0.4 is 4.74 Å². The number of esters is 1. The van der Waals surface area contributed by atoms with Crippen LogP contribution in [0.4, 0.5) is 0 Å². The molecule has 0 fully saturated rings. The number of aryl methyl sites for hydroxylation is 2. The number of benzene rings is 1. The van der Waals surface area contributed by atoms with Crippen LogP contribution in [0.25, 0.3) is 33.2 Å². The van der Waals surface area contributed by atoms with Gasteiger partial charge in [-0.25, -0.2) is 9.48 Å². The van der Waals surface area contributed by atoms with Crippen molar-refractivity contribution in [2.75, 3.05) is 14.2 Å². The topological polar surface area (TPSA) is 94.9 Å². The van der Waals surface area contributed by atoms with E-state index in [-0.39, 0.29) is 0 Å². The van der Waals surface area contributed by atoms with E-state index in [0.717, 1.165) is 38.9 Å². The molecule has 0 aliphatic rings. The second-order valence-corrected chi connectivity index (χ2v) is 5.98. The van der Waals surface area contributed by atoms with Crippen molar-refractivity contribution in [2.45, 2.75) is 6.92 Å². The van der Waals surface area contributed by atoms with Crippen molar-refractivity contribution >= 4 is 27.9 Å². The Morgan fingerprint density at radius 3 is 2.65 bits per heavy atom. The van der Waals surface area contributed by atoms with E-state index in [2.05, 4.69) is 20.3 Å². The quantitative estimate of drug-likeness (QED) is 0.570. The lowest BCUT2D eigenvalue weighted by Crippen LogP contribution is -2.01. The Balaban J connectivity index is 1.98. The fourth-order valence-electron chi connectivity index (χ4n) is 3.24. The minimum atomic E-state index is -0.422. The van der Waals surface area contributed by atoms with Crippen LogP contribution in [0.15, 0.2) is 24.4 Å². The number of nitrogens with zero attached hydrogens (tertiary/aromatic N) is 4. The van der Waals surface area contributed by atoms with Crippen LogP contribution in [0.1, 0.15) is 16.1 Å². The minimum Gasteiger partial charge on any atom is -0.496 e. The number of hydrogen-bond donors (Lipinski definition) is 1. The Labute approximate surface area is 148 Å². The molecule has 26 heavy (non-hydrogen) atoms. The highest BCUT2D eigenvalue weighted by Gasteiger charge is 2.17. The molecule has 8 nitrogen and oxygen atoms in total. The highest BCUT2D eigenvalue weighted by atomic mass is 16.5. The van der Waals surface area contributed by atoms with Gasteiger partial charge < -0.3 is 14.5 Å². The van der Waals surface area contributed by atoms with Gasteiger partial charge in [-0.2, -0.15) is 0 Å². The number of ether oxygens (including phenoxy) is 2. The van der Waals surface area contributed by atoms with Gasteiger partial charge in [-0.05, 0) is 25.1 Å². The summed E-state index contributed by atoms with van der Waals surface area (Å²) in [7, 11) is 4.76. The number of rotatable bonds is 3. The van der Waals surface area contributed by atoms with Crippen LogP contribution in [-0.2, 0) is 11.8 Å². The number of hydrogen-bond acceptors (Lipinski definition) is 6. The molecular formula is C18H17N5O3. The Morgan fingerprint density at radius 2 is 2.00 bits per heavy atom. The maximum absolute atomic E-state index is 11.9. The first-order valence-corrected chi connectivity index (χ1v) is 7.98. The summed E-state index contributed by atoms with van der Waals surface area (Å²) in [6.45, 7) is 1.91. The highest BCUT2D eigenvalue weighted by molar-refractivity contribution is 6.11. The lowest BCUT2D eigenvalue weighted by molar-refractivity contribution is 0.0600. The van der Waals surface area contributed by atoms with Crippen molar-refractivity contribution in [1.29, 1.82) is 0 Å². The van der Waals surface area contributed by atoms with E-state index in [1.165, 1.54) is 7.11 Å². The van der Waals surface area contributed by atoms with E-state index in [0.29, 0.717) is 11.3 Å². The summed E-state index contributed by atoms with van der Waals surface area (Å²) in [5.74, 6) is 0.141. The zero-order chi connectivity index (χ0) is 18.4. The van der Waals surface area contributed by atoms with Gasteiger partial charge in [0.2, 0.25) is 0 Å². The number of carbonyl (C=O) groups is 1. The van der Waals surface area contributed by atoms with Gasteiger partial charge in [-0.15, -0.1) is 5.10 Å². The summed E-state index contributed by atoms with van der Waals surface area (Å²) in [5, 5.41) is 8.95. The molecule has 1 aromatic carbocycles. The molecule has 0 aliphatic carbocycles. The number of aromatic nitrogens is 5. The van der Waals surface area contributed by atoms with Gasteiger partial charge in [-0.1, -0.05) is 5.21 Å². The predicted octanol–water partition coefficient (Wildman–Crippen LogP) is 2.62. The summed E-state index contributed by atoms with van der Waals surface area (Å²) in [5.41, 5.74) is 5.40. The smallest absolute Gasteiger partial charge is 0.338 e. The maximum atomic E-state index is 11.9. The molecule has 1 N–H and O–H groups in total. The van der Waals surface area contributed by atoms with Gasteiger partial charge in [0.25, 0.3) is 0 Å². The molecule has 4 aromatic rings. The lowest BCUT2D eigenvalue weighted by Gasteiger charge is -2.05. The Hall–Kier alpha value is -3.42. The van der Waals surface area contributed by atoms with Gasteiger partial charge in [0, 0.05) is 18.8 Å². The van der Waals surface area contributed by atoms with Crippen molar-refractivity contribution in [1.82, 2.24) is 25.0 Å². The number of fused-ring (bicyclic) bond motifs is 3. The molecule has 0 spiro atoms. The molecule has 0 saturated heterocycles. The second-order valence-electron chi connectivity index (χ2n) is 5.98. The zero-order valence-electron chi connectivity index (χ0n) is 14.8. The Kier molecular flexibility index (Phi) is 3.61. The molecular weight excluding hydrogens is 334 g/mol. The Morgan fingerprint density at radius 1 is 1.19 bits per heavy atom. The van der Waals surface area contributed by atoms with Crippen LogP contribution in [0, 0.1) is 6.92 Å². The summed E-state index contributed by atoms with van der Waals surface area (Å²) in [6, 6.07) is 5.39. The number of carbonyl (C=O) groups excluding carboxylic acids is 1. The minimum absolute atomic E-state index is 0.412. The molecule has 4 rings (SSSR count). The van der Waals surface area contributed by atoms with Crippen molar-refractivity contribution in [3.05, 3.63) is 35.7 Å². The van der Waals surface area contributed by atoms with E-state index in [1.807, 2.05) is 20.0 Å². The van der Waals surface area contributed by atoms with Crippen molar-refractivity contribution in [2.24, 2.45) is 7.05 Å². The number of methoxy groups -OCH3 is 2. The van der Waals surface area contributed by atoms with Crippen LogP contribution in [0.3, 0.4) is 0 Å². The second kappa shape index (κ2) is 5.83. The molecule has 3 heterocycles. The monoisotopic (exact) mass is 351 g/mol. The van der Waals surface area contributed by atoms with E-state index in [1.54, 1.807) is 30.1 Å². The first kappa shape index (κ1) is 16.1. The molecule has 132 valence electrons. The fourth-order valence-corrected chi connectivity index (χ4v) is 3.24. The van der Waals surface area contributed by atoms with Gasteiger partial charge in [0.15, 0.2) is 0 Å². The first-order valence-electron chi connectivity index (χ1n) is 7.98. The number of pyridine rings is 1. The van der Waals surface area contributed by atoms with Crippen LogP contribution >= 0.6 is 0 Å². The van der Waals surface area contributed by atoms with E-state index >= 15 is 0 Å². The Bertz CT molecular complexity index is 1140. The molecule has 0 unspecified atom stereocenters. The fraction of sp³-hybridized carbons (Fsp3) is 0.222. The first-order chi connectivity index (χ1) is 12.5. The van der Waals surface area contributed by atoms with E-state index < -0.39 is 5.97 Å². The molecule has 0 bridgehead atoms. The summed E-state index contributed by atoms with van der Waals surface area (Å²) >= 11 is 0. The summed E-state index contributed by atoms with van der Waals surface area (Å²) in [6.07, 6.45) is 1.79. The predicted molar refractivity (Wildman–Crippen MR) is 96.2 cm³/mol. The number of aromatic amines is 1. The van der Waals surface area contributed by atoms with Gasteiger partial charge in [0.05, 0.1) is 53.1 Å². The average molecular weight is 351 g/mol. The normalized spacial score (nSPS) is 11.2. The lowest BCUT2D eigenvalue weighted by atomic mass is 10.1. The zero-order valence-corrected chi connectivity index (χ0v) is 14.8. The van der Waals surface area contributed by atoms with Crippen molar-refractivity contribution in [3.63, 3.8) is 0 Å². The standard InChI is InChI=1S/C18H17N5O3/c1-9-17(23(2)22-21-9)11-6-13-16(19-8-11)15-12(20-13)5-10(18(24)26-4)7-14(15)25-3/h5-8,20H,1-4H3. The van der Waals surface area contributed by atoms with Crippen molar-refractivity contribution in [3.8, 4) is 17.0 Å². The largest absolute Gasteiger partial charge is 0.496 e. The number of H-pyrrole nitrogens is 1. The third kappa shape index (κ3) is 2.30. The van der Waals surface area contributed by atoms with E-state index in [9.17, 15) is 4.79 Å². The third-order valence-electron chi connectivity index (χ3n) is 4.41. The van der Waals surface area contributed by atoms with Crippen LogP contribution in [0.5, 0.6) is 5.75 Å². The summed E-state index contributed by atoms with van der Waals surface area (Å²) < 4.78 is 12.0. The van der Waals surface area contributed by atoms with Gasteiger partial charge in [-0.3, -0.25) is 4.98 Å². The van der Waals surface area contributed by atoms with Gasteiger partial charge >= 0.3 is 5.97 Å². The number of nitrogens with one attached hydrogen (secondary N) is 1. The average Bonchev–Trinajstić information content (AvgIpc) is 3.18. The van der Waals surface area contributed by atoms with E-state index in [4.69, 9.17) is 9.47 Å².